The topological polar surface area (TPSA) is 81.5 Å². The number of hydrogen-bond acceptors (Lipinski definition) is 4. The third kappa shape index (κ3) is 5.49. The van der Waals surface area contributed by atoms with Gasteiger partial charge >= 0.3 is 0 Å². The molecule has 0 aromatic heterocycles. The number of nitro groups is 1. The first-order valence-electron chi connectivity index (χ1n) is 9.26. The Morgan fingerprint density at radius 3 is 2.34 bits per heavy atom. The Balaban J connectivity index is 1.57. The van der Waals surface area contributed by atoms with E-state index < -0.39 is 4.92 Å². The van der Waals surface area contributed by atoms with Gasteiger partial charge in [-0.25, -0.2) is 0 Å². The SMILES string of the molecule is Cc1c(C(=O)NCc2cccc(COCc3ccccc3)c2)cccc1[N+](=O)[O-]. The van der Waals surface area contributed by atoms with Crippen LogP contribution in [0.4, 0.5) is 5.69 Å². The van der Waals surface area contributed by atoms with E-state index in [9.17, 15) is 14.9 Å². The number of carbonyl (C=O) groups is 1. The highest BCUT2D eigenvalue weighted by molar-refractivity contribution is 5.96. The molecule has 148 valence electrons. The number of rotatable bonds is 8. The summed E-state index contributed by atoms with van der Waals surface area (Å²) < 4.78 is 5.76. The molecule has 0 radical (unpaired) electrons. The second-order valence-electron chi connectivity index (χ2n) is 6.69. The molecule has 1 amide bonds. The lowest BCUT2D eigenvalue weighted by Crippen LogP contribution is -2.23. The van der Waals surface area contributed by atoms with E-state index in [2.05, 4.69) is 5.32 Å². The van der Waals surface area contributed by atoms with Gasteiger partial charge < -0.3 is 10.1 Å². The summed E-state index contributed by atoms with van der Waals surface area (Å²) in [4.78, 5) is 23.0. The lowest BCUT2D eigenvalue weighted by molar-refractivity contribution is -0.385. The van der Waals surface area contributed by atoms with Crippen LogP contribution in [0.25, 0.3) is 0 Å². The molecule has 6 nitrogen and oxygen atoms in total. The summed E-state index contributed by atoms with van der Waals surface area (Å²) in [6.07, 6.45) is 0. The van der Waals surface area contributed by atoms with Crippen LogP contribution in [-0.4, -0.2) is 10.8 Å². The third-order valence-corrected chi connectivity index (χ3v) is 4.57. The smallest absolute Gasteiger partial charge is 0.273 e. The first-order chi connectivity index (χ1) is 14.0. The van der Waals surface area contributed by atoms with E-state index in [-0.39, 0.29) is 11.6 Å². The van der Waals surface area contributed by atoms with Gasteiger partial charge in [0, 0.05) is 23.7 Å². The summed E-state index contributed by atoms with van der Waals surface area (Å²) in [6, 6.07) is 22.2. The lowest BCUT2D eigenvalue weighted by Gasteiger charge is -2.10. The monoisotopic (exact) mass is 390 g/mol. The minimum absolute atomic E-state index is 0.0600. The van der Waals surface area contributed by atoms with Crippen molar-refractivity contribution in [1.82, 2.24) is 5.32 Å². The van der Waals surface area contributed by atoms with Crippen molar-refractivity contribution in [3.8, 4) is 0 Å². The standard InChI is InChI=1S/C23H22N2O4/c1-17-21(11-6-12-22(17)25(27)28)23(26)24-14-19-9-5-10-20(13-19)16-29-15-18-7-3-2-4-8-18/h2-13H,14-16H2,1H3,(H,24,26). The molecule has 0 spiro atoms. The Hall–Kier alpha value is -3.51. The summed E-state index contributed by atoms with van der Waals surface area (Å²) in [5.41, 5.74) is 3.67. The quantitative estimate of drug-likeness (QED) is 0.452. The minimum atomic E-state index is -0.481. The normalized spacial score (nSPS) is 10.5. The van der Waals surface area contributed by atoms with Gasteiger partial charge in [0.1, 0.15) is 0 Å². The van der Waals surface area contributed by atoms with Crippen molar-refractivity contribution < 1.29 is 14.5 Å². The van der Waals surface area contributed by atoms with E-state index in [0.717, 1.165) is 16.7 Å². The van der Waals surface area contributed by atoms with Crippen LogP contribution in [0.5, 0.6) is 0 Å². The van der Waals surface area contributed by atoms with E-state index in [1.165, 1.54) is 12.1 Å². The predicted molar refractivity (Wildman–Crippen MR) is 110 cm³/mol. The average molecular weight is 390 g/mol. The van der Waals surface area contributed by atoms with Gasteiger partial charge in [0.05, 0.1) is 18.1 Å². The molecule has 0 aliphatic carbocycles. The first kappa shape index (κ1) is 20.2. The van der Waals surface area contributed by atoms with Gasteiger partial charge in [-0.15, -0.1) is 0 Å². The molecule has 29 heavy (non-hydrogen) atoms. The van der Waals surface area contributed by atoms with Crippen molar-refractivity contribution >= 4 is 11.6 Å². The van der Waals surface area contributed by atoms with E-state index in [4.69, 9.17) is 4.74 Å². The van der Waals surface area contributed by atoms with Gasteiger partial charge in [-0.3, -0.25) is 14.9 Å². The maximum atomic E-state index is 12.5. The van der Waals surface area contributed by atoms with E-state index >= 15 is 0 Å². The maximum Gasteiger partial charge on any atom is 0.273 e. The molecule has 0 heterocycles. The van der Waals surface area contributed by atoms with E-state index in [1.54, 1.807) is 13.0 Å². The Kier molecular flexibility index (Phi) is 6.71. The molecule has 3 rings (SSSR count). The van der Waals surface area contributed by atoms with Crippen molar-refractivity contribution in [1.29, 1.82) is 0 Å². The van der Waals surface area contributed by atoms with Crippen molar-refractivity contribution in [2.24, 2.45) is 0 Å². The van der Waals surface area contributed by atoms with E-state index in [0.29, 0.717) is 30.9 Å². The van der Waals surface area contributed by atoms with Crippen LogP contribution in [0, 0.1) is 17.0 Å². The average Bonchev–Trinajstić information content (AvgIpc) is 2.73. The third-order valence-electron chi connectivity index (χ3n) is 4.57. The largest absolute Gasteiger partial charge is 0.372 e. The second kappa shape index (κ2) is 9.61. The summed E-state index contributed by atoms with van der Waals surface area (Å²) in [6.45, 7) is 2.92. The van der Waals surface area contributed by atoms with Crippen molar-refractivity contribution in [3.05, 3.63) is 111 Å². The fraction of sp³-hybridized carbons (Fsp3) is 0.174. The zero-order valence-corrected chi connectivity index (χ0v) is 16.1. The Morgan fingerprint density at radius 1 is 0.931 bits per heavy atom. The van der Waals surface area contributed by atoms with E-state index in [1.807, 2.05) is 54.6 Å². The van der Waals surface area contributed by atoms with Crippen LogP contribution >= 0.6 is 0 Å². The van der Waals surface area contributed by atoms with Crippen molar-refractivity contribution in [3.63, 3.8) is 0 Å². The number of ether oxygens (including phenoxy) is 1. The first-order valence-corrected chi connectivity index (χ1v) is 9.26. The number of amides is 1. The Morgan fingerprint density at radius 2 is 1.59 bits per heavy atom. The Bertz CT molecular complexity index is 1000. The maximum absolute atomic E-state index is 12.5. The van der Waals surface area contributed by atoms with Gasteiger partial charge in [0.2, 0.25) is 0 Å². The van der Waals surface area contributed by atoms with Gasteiger partial charge in [0.15, 0.2) is 0 Å². The summed E-state index contributed by atoms with van der Waals surface area (Å²) in [5, 5.41) is 13.9. The molecular formula is C23H22N2O4. The zero-order chi connectivity index (χ0) is 20.6. The van der Waals surface area contributed by atoms with Crippen molar-refractivity contribution in [2.45, 2.75) is 26.7 Å². The molecule has 0 atom stereocenters. The molecule has 0 bridgehead atoms. The summed E-state index contributed by atoms with van der Waals surface area (Å²) in [7, 11) is 0. The van der Waals surface area contributed by atoms with Gasteiger partial charge in [-0.1, -0.05) is 60.7 Å². The fourth-order valence-electron chi connectivity index (χ4n) is 3.04. The minimum Gasteiger partial charge on any atom is -0.372 e. The molecule has 0 saturated carbocycles. The van der Waals surface area contributed by atoms with Crippen LogP contribution in [0.1, 0.15) is 32.6 Å². The summed E-state index contributed by atoms with van der Waals surface area (Å²) >= 11 is 0. The number of benzene rings is 3. The van der Waals surface area contributed by atoms with Crippen LogP contribution < -0.4 is 5.32 Å². The highest BCUT2D eigenvalue weighted by atomic mass is 16.6. The van der Waals surface area contributed by atoms with Gasteiger partial charge in [-0.05, 0) is 29.7 Å². The fourth-order valence-corrected chi connectivity index (χ4v) is 3.04. The molecule has 0 aliphatic rings. The molecule has 3 aromatic carbocycles. The molecule has 0 fully saturated rings. The van der Waals surface area contributed by atoms with Gasteiger partial charge in [0.25, 0.3) is 11.6 Å². The number of carbonyl (C=O) groups excluding carboxylic acids is 1. The number of nitro benzene ring substituents is 1. The molecule has 1 N–H and O–H groups in total. The molecule has 3 aromatic rings. The number of nitrogens with zero attached hydrogens (tertiary/aromatic N) is 1. The summed E-state index contributed by atoms with van der Waals surface area (Å²) in [5.74, 6) is -0.336. The highest BCUT2D eigenvalue weighted by Crippen LogP contribution is 2.21. The Labute approximate surface area is 169 Å². The van der Waals surface area contributed by atoms with Crippen LogP contribution in [0.2, 0.25) is 0 Å². The molecule has 0 aliphatic heterocycles. The van der Waals surface area contributed by atoms with Crippen LogP contribution in [0.3, 0.4) is 0 Å². The number of hydrogen-bond donors (Lipinski definition) is 1. The molecule has 0 saturated heterocycles. The molecule has 6 heteroatoms. The van der Waals surface area contributed by atoms with Crippen molar-refractivity contribution in [2.75, 3.05) is 0 Å². The van der Waals surface area contributed by atoms with Crippen LogP contribution in [0.15, 0.2) is 72.8 Å². The van der Waals surface area contributed by atoms with Gasteiger partial charge in [-0.2, -0.15) is 0 Å². The van der Waals surface area contributed by atoms with Crippen LogP contribution in [-0.2, 0) is 24.5 Å². The molecular weight excluding hydrogens is 368 g/mol. The molecule has 0 unspecified atom stereocenters. The highest BCUT2D eigenvalue weighted by Gasteiger charge is 2.17. The predicted octanol–water partition coefficient (Wildman–Crippen LogP) is 4.55. The zero-order valence-electron chi connectivity index (χ0n) is 16.1. The lowest BCUT2D eigenvalue weighted by atomic mass is 10.1. The second-order valence-corrected chi connectivity index (χ2v) is 6.69. The number of nitrogens with one attached hydrogen (secondary N) is 1.